The van der Waals surface area contributed by atoms with Crippen molar-refractivity contribution < 1.29 is 9.59 Å². The Kier molecular flexibility index (Phi) is 28.7. The summed E-state index contributed by atoms with van der Waals surface area (Å²) < 4.78 is 0. The van der Waals surface area contributed by atoms with Crippen LogP contribution in [0.3, 0.4) is 0 Å². The molecule has 0 aliphatic rings. The van der Waals surface area contributed by atoms with E-state index in [0.717, 1.165) is 32.1 Å². The van der Waals surface area contributed by atoms with Gasteiger partial charge in [-0.2, -0.15) is 0 Å². The van der Waals surface area contributed by atoms with Crippen molar-refractivity contribution in [1.29, 1.82) is 0 Å². The predicted octanol–water partition coefficient (Wildman–Crippen LogP) is 10.2. The maximum Gasteiger partial charge on any atom is 0.242 e. The van der Waals surface area contributed by atoms with Gasteiger partial charge in [-0.05, 0) is 31.6 Å². The van der Waals surface area contributed by atoms with Gasteiger partial charge in [0.2, 0.25) is 11.8 Å². The Morgan fingerprint density at radius 1 is 0.641 bits per heavy atom. The minimum Gasteiger partial charge on any atom is -0.354 e. The van der Waals surface area contributed by atoms with Gasteiger partial charge in [0.1, 0.15) is 6.04 Å². The molecule has 0 aromatic rings. The first-order valence-corrected chi connectivity index (χ1v) is 17.2. The van der Waals surface area contributed by atoms with Gasteiger partial charge in [0, 0.05) is 13.0 Å². The van der Waals surface area contributed by atoms with Crippen molar-refractivity contribution in [3.8, 4) is 0 Å². The first-order chi connectivity index (χ1) is 19.1. The number of hydrogen-bond donors (Lipinski definition) is 2. The van der Waals surface area contributed by atoms with Crippen LogP contribution in [-0.2, 0) is 9.59 Å². The summed E-state index contributed by atoms with van der Waals surface area (Å²) in [6.45, 7) is 10.9. The summed E-state index contributed by atoms with van der Waals surface area (Å²) in [4.78, 5) is 25.3. The third-order valence-corrected chi connectivity index (χ3v) is 8.20. The Bertz CT molecular complexity index is 563. The lowest BCUT2D eigenvalue weighted by Gasteiger charge is -2.23. The molecule has 0 rings (SSSR count). The molecule has 39 heavy (non-hydrogen) atoms. The SMILES string of the molecule is C=CCCCCCCCCC(=O)N[C@H](C(=O)NCCCCCCCCCCCCCCCCCC)[C@@H](C)CC. The fourth-order valence-electron chi connectivity index (χ4n) is 5.22. The van der Waals surface area contributed by atoms with E-state index in [1.165, 1.54) is 122 Å². The van der Waals surface area contributed by atoms with Gasteiger partial charge in [-0.25, -0.2) is 0 Å². The lowest BCUT2D eigenvalue weighted by Crippen LogP contribution is -2.50. The molecule has 0 saturated carbocycles. The van der Waals surface area contributed by atoms with Crippen LogP contribution in [0.25, 0.3) is 0 Å². The molecule has 0 aliphatic heterocycles. The normalized spacial score (nSPS) is 12.7. The molecule has 0 fully saturated rings. The molecule has 0 saturated heterocycles. The number of unbranched alkanes of at least 4 members (excludes halogenated alkanes) is 21. The standard InChI is InChI=1S/C35H68N2O2/c1-5-8-10-12-14-16-17-18-19-20-21-22-23-25-27-29-31-36-35(39)34(32(4)7-3)37-33(38)30-28-26-24-15-13-11-9-6-2/h6,32,34H,2,5,7-31H2,1,3-4H3,(H,36,39)(H,37,38)/t32-,34-/m0/s1. The average Bonchev–Trinajstić information content (AvgIpc) is 2.94. The molecule has 0 aliphatic carbocycles. The van der Waals surface area contributed by atoms with Crippen molar-refractivity contribution in [3.05, 3.63) is 12.7 Å². The molecule has 2 amide bonds. The second-order valence-corrected chi connectivity index (χ2v) is 12.0. The van der Waals surface area contributed by atoms with Crippen LogP contribution in [0.15, 0.2) is 12.7 Å². The van der Waals surface area contributed by atoms with Crippen LogP contribution in [0.5, 0.6) is 0 Å². The van der Waals surface area contributed by atoms with Crippen LogP contribution in [-0.4, -0.2) is 24.4 Å². The zero-order chi connectivity index (χ0) is 28.8. The maximum atomic E-state index is 12.8. The van der Waals surface area contributed by atoms with E-state index < -0.39 is 6.04 Å². The molecule has 2 N–H and O–H groups in total. The van der Waals surface area contributed by atoms with E-state index in [2.05, 4.69) is 38.0 Å². The fourth-order valence-corrected chi connectivity index (χ4v) is 5.22. The number of rotatable bonds is 30. The van der Waals surface area contributed by atoms with Crippen LogP contribution in [0, 0.1) is 5.92 Å². The fraction of sp³-hybridized carbons (Fsp3) is 0.886. The topological polar surface area (TPSA) is 58.2 Å². The summed E-state index contributed by atoms with van der Waals surface area (Å²) in [5, 5.41) is 6.12. The number of hydrogen-bond acceptors (Lipinski definition) is 2. The zero-order valence-electron chi connectivity index (χ0n) is 26.6. The van der Waals surface area contributed by atoms with Gasteiger partial charge < -0.3 is 10.6 Å². The molecular formula is C35H68N2O2. The van der Waals surface area contributed by atoms with Crippen molar-refractivity contribution in [2.24, 2.45) is 5.92 Å². The minimum atomic E-state index is -0.414. The van der Waals surface area contributed by atoms with E-state index in [4.69, 9.17) is 0 Å². The Morgan fingerprint density at radius 2 is 1.08 bits per heavy atom. The van der Waals surface area contributed by atoms with Gasteiger partial charge in [-0.1, -0.05) is 155 Å². The van der Waals surface area contributed by atoms with Gasteiger partial charge in [0.05, 0.1) is 0 Å². The lowest BCUT2D eigenvalue weighted by molar-refractivity contribution is -0.130. The van der Waals surface area contributed by atoms with E-state index in [9.17, 15) is 9.59 Å². The number of carbonyl (C=O) groups excluding carboxylic acids is 2. The van der Waals surface area contributed by atoms with Crippen molar-refractivity contribution in [3.63, 3.8) is 0 Å². The zero-order valence-corrected chi connectivity index (χ0v) is 26.6. The molecule has 230 valence electrons. The summed E-state index contributed by atoms with van der Waals surface area (Å²) >= 11 is 0. The summed E-state index contributed by atoms with van der Waals surface area (Å²) in [5.74, 6) is 0.148. The van der Waals surface area contributed by atoms with Gasteiger partial charge in [0.25, 0.3) is 0 Å². The molecule has 4 heteroatoms. The highest BCUT2D eigenvalue weighted by Crippen LogP contribution is 2.14. The van der Waals surface area contributed by atoms with E-state index in [1.54, 1.807) is 0 Å². The average molecular weight is 549 g/mol. The highest BCUT2D eigenvalue weighted by Gasteiger charge is 2.25. The number of amides is 2. The number of allylic oxidation sites excluding steroid dienone is 1. The van der Waals surface area contributed by atoms with E-state index in [1.807, 2.05) is 6.08 Å². The number of nitrogens with one attached hydrogen (secondary N) is 2. The summed E-state index contributed by atoms with van der Waals surface area (Å²) in [6, 6.07) is -0.414. The maximum absolute atomic E-state index is 12.8. The molecule has 0 unspecified atom stereocenters. The molecule has 0 radical (unpaired) electrons. The van der Waals surface area contributed by atoms with Crippen LogP contribution in [0.1, 0.15) is 181 Å². The highest BCUT2D eigenvalue weighted by atomic mass is 16.2. The van der Waals surface area contributed by atoms with Crippen molar-refractivity contribution in [1.82, 2.24) is 10.6 Å². The van der Waals surface area contributed by atoms with Gasteiger partial charge in [-0.15, -0.1) is 6.58 Å². The summed E-state index contributed by atoms with van der Waals surface area (Å²) in [6.07, 6.45) is 33.0. The number of carbonyl (C=O) groups is 2. The second-order valence-electron chi connectivity index (χ2n) is 12.0. The molecule has 0 heterocycles. The molecule has 0 spiro atoms. The minimum absolute atomic E-state index is 0.0131. The second kappa shape index (κ2) is 29.7. The molecule has 0 aromatic carbocycles. The van der Waals surface area contributed by atoms with Gasteiger partial charge >= 0.3 is 0 Å². The van der Waals surface area contributed by atoms with Gasteiger partial charge in [0.15, 0.2) is 0 Å². The Morgan fingerprint density at radius 3 is 1.54 bits per heavy atom. The van der Waals surface area contributed by atoms with Crippen molar-refractivity contribution in [2.45, 2.75) is 187 Å². The Hall–Kier alpha value is -1.32. The lowest BCUT2D eigenvalue weighted by atomic mass is 9.97. The third kappa shape index (κ3) is 25.4. The van der Waals surface area contributed by atoms with E-state index in [-0.39, 0.29) is 17.7 Å². The van der Waals surface area contributed by atoms with Crippen LogP contribution >= 0.6 is 0 Å². The van der Waals surface area contributed by atoms with E-state index in [0.29, 0.717) is 13.0 Å². The van der Waals surface area contributed by atoms with Crippen molar-refractivity contribution in [2.75, 3.05) is 6.54 Å². The largest absolute Gasteiger partial charge is 0.354 e. The monoisotopic (exact) mass is 549 g/mol. The summed E-state index contributed by atoms with van der Waals surface area (Å²) in [7, 11) is 0. The first kappa shape index (κ1) is 37.7. The highest BCUT2D eigenvalue weighted by molar-refractivity contribution is 5.87. The first-order valence-electron chi connectivity index (χ1n) is 17.2. The smallest absolute Gasteiger partial charge is 0.242 e. The third-order valence-electron chi connectivity index (χ3n) is 8.20. The molecule has 0 bridgehead atoms. The molecule has 0 aromatic heterocycles. The molecular weight excluding hydrogens is 480 g/mol. The molecule has 2 atom stereocenters. The van der Waals surface area contributed by atoms with E-state index >= 15 is 0 Å². The Balaban J connectivity index is 3.76. The van der Waals surface area contributed by atoms with Crippen LogP contribution in [0.4, 0.5) is 0 Å². The van der Waals surface area contributed by atoms with Crippen molar-refractivity contribution >= 4 is 11.8 Å². The van der Waals surface area contributed by atoms with Gasteiger partial charge in [-0.3, -0.25) is 9.59 Å². The van der Waals surface area contributed by atoms with Crippen LogP contribution < -0.4 is 10.6 Å². The Labute approximate surface area is 244 Å². The quantitative estimate of drug-likeness (QED) is 0.0693. The predicted molar refractivity (Wildman–Crippen MR) is 171 cm³/mol. The summed E-state index contributed by atoms with van der Waals surface area (Å²) in [5.41, 5.74) is 0. The molecule has 4 nitrogen and oxygen atoms in total. The van der Waals surface area contributed by atoms with Crippen LogP contribution in [0.2, 0.25) is 0 Å².